The van der Waals surface area contributed by atoms with Gasteiger partial charge < -0.3 is 18.9 Å². The van der Waals surface area contributed by atoms with Crippen LogP contribution in [0.15, 0.2) is 12.1 Å². The Balaban J connectivity index is 2.59. The highest BCUT2D eigenvalue weighted by Gasteiger charge is 2.21. The van der Waals surface area contributed by atoms with Crippen molar-refractivity contribution in [2.24, 2.45) is 0 Å². The van der Waals surface area contributed by atoms with Crippen LogP contribution in [0.2, 0.25) is 0 Å². The van der Waals surface area contributed by atoms with E-state index in [2.05, 4.69) is 6.92 Å². The van der Waals surface area contributed by atoms with Crippen LogP contribution in [0.3, 0.4) is 0 Å². The van der Waals surface area contributed by atoms with Crippen LogP contribution in [0.5, 0.6) is 11.5 Å². The summed E-state index contributed by atoms with van der Waals surface area (Å²) < 4.78 is 21.4. The lowest BCUT2D eigenvalue weighted by atomic mass is 10.1. The average molecular weight is 440 g/mol. The second kappa shape index (κ2) is 15.5. The fourth-order valence-electron chi connectivity index (χ4n) is 3.36. The molecule has 0 radical (unpaired) electrons. The summed E-state index contributed by atoms with van der Waals surface area (Å²) in [5.74, 6) is 0.196. The maximum absolute atomic E-state index is 11.4. The molecule has 1 unspecified atom stereocenters. The number of unbranched alkanes of at least 4 members (excludes halogenated alkanes) is 8. The maximum atomic E-state index is 11.4. The van der Waals surface area contributed by atoms with Crippen LogP contribution >= 0.6 is 0 Å². The molecule has 1 atom stereocenters. The van der Waals surface area contributed by atoms with E-state index in [4.69, 9.17) is 18.9 Å². The van der Waals surface area contributed by atoms with Crippen molar-refractivity contribution in [1.29, 1.82) is 0 Å². The number of hydrogen-bond donors (Lipinski definition) is 0. The number of rotatable bonds is 17. The number of methoxy groups -OCH3 is 2. The van der Waals surface area contributed by atoms with Crippen molar-refractivity contribution in [3.05, 3.63) is 27.8 Å². The van der Waals surface area contributed by atoms with Crippen LogP contribution < -0.4 is 9.47 Å². The second-order valence-corrected chi connectivity index (χ2v) is 7.56. The Morgan fingerprint density at radius 2 is 1.52 bits per heavy atom. The molecular formula is C23H37NO7. The van der Waals surface area contributed by atoms with Gasteiger partial charge in [0.15, 0.2) is 11.5 Å². The number of ether oxygens (including phenoxy) is 4. The lowest BCUT2D eigenvalue weighted by molar-refractivity contribution is -0.386. The zero-order valence-corrected chi connectivity index (χ0v) is 19.3. The number of nitro groups is 1. The Labute approximate surface area is 185 Å². The Morgan fingerprint density at radius 3 is 2.03 bits per heavy atom. The van der Waals surface area contributed by atoms with Gasteiger partial charge in [-0.25, -0.2) is 0 Å². The molecule has 0 aliphatic rings. The summed E-state index contributed by atoms with van der Waals surface area (Å²) in [6.07, 6.45) is 10.5. The fourth-order valence-corrected chi connectivity index (χ4v) is 3.36. The molecule has 176 valence electrons. The van der Waals surface area contributed by atoms with Gasteiger partial charge in [0.1, 0.15) is 0 Å². The van der Waals surface area contributed by atoms with Gasteiger partial charge in [0.05, 0.1) is 37.4 Å². The number of carbonyl (C=O) groups is 1. The Hall–Kier alpha value is -2.35. The van der Waals surface area contributed by atoms with Crippen molar-refractivity contribution in [2.45, 2.75) is 91.0 Å². The highest BCUT2D eigenvalue weighted by atomic mass is 16.7. The quantitative estimate of drug-likeness (QED) is 0.0974. The van der Waals surface area contributed by atoms with Gasteiger partial charge in [0.25, 0.3) is 5.69 Å². The molecule has 0 spiro atoms. The number of nitro benzene ring substituents is 1. The molecule has 0 aliphatic heterocycles. The molecule has 8 heteroatoms. The minimum Gasteiger partial charge on any atom is -0.493 e. The molecule has 1 aromatic rings. The van der Waals surface area contributed by atoms with E-state index in [1.807, 2.05) is 0 Å². The zero-order valence-electron chi connectivity index (χ0n) is 19.3. The van der Waals surface area contributed by atoms with E-state index in [0.29, 0.717) is 17.7 Å². The van der Waals surface area contributed by atoms with Crippen LogP contribution in [-0.4, -0.2) is 31.4 Å². The first kappa shape index (κ1) is 26.7. The van der Waals surface area contributed by atoms with Crippen LogP contribution in [0.1, 0.15) is 83.6 Å². The lowest BCUT2D eigenvalue weighted by Gasteiger charge is -2.18. The van der Waals surface area contributed by atoms with E-state index >= 15 is 0 Å². The van der Waals surface area contributed by atoms with Gasteiger partial charge in [0.2, 0.25) is 6.29 Å². The van der Waals surface area contributed by atoms with Gasteiger partial charge in [-0.3, -0.25) is 14.9 Å². The average Bonchev–Trinajstić information content (AvgIpc) is 2.74. The highest BCUT2D eigenvalue weighted by Crippen LogP contribution is 2.35. The summed E-state index contributed by atoms with van der Waals surface area (Å²) in [7, 11) is 2.87. The lowest BCUT2D eigenvalue weighted by Crippen LogP contribution is -2.20. The van der Waals surface area contributed by atoms with Crippen LogP contribution in [0.25, 0.3) is 0 Å². The van der Waals surface area contributed by atoms with E-state index in [-0.39, 0.29) is 18.0 Å². The summed E-state index contributed by atoms with van der Waals surface area (Å²) in [5.41, 5.74) is 0.189. The molecule has 0 amide bonds. The van der Waals surface area contributed by atoms with Crippen molar-refractivity contribution in [2.75, 3.05) is 14.2 Å². The third-order valence-electron chi connectivity index (χ3n) is 5.05. The third-order valence-corrected chi connectivity index (χ3v) is 5.05. The predicted octanol–water partition coefficient (Wildman–Crippen LogP) is 5.94. The molecule has 31 heavy (non-hydrogen) atoms. The molecule has 0 aromatic heterocycles. The SMILES string of the molecule is CCCCCCCCCCCC(OCc1cc(OC)c(OC)cc1[N+](=O)[O-])OC(C)=O. The molecule has 0 aliphatic carbocycles. The Morgan fingerprint density at radius 1 is 0.968 bits per heavy atom. The number of esters is 1. The molecule has 1 aromatic carbocycles. The predicted molar refractivity (Wildman–Crippen MR) is 118 cm³/mol. The summed E-state index contributed by atoms with van der Waals surface area (Å²) in [5, 5.41) is 11.4. The van der Waals surface area contributed by atoms with E-state index in [0.717, 1.165) is 19.3 Å². The van der Waals surface area contributed by atoms with Gasteiger partial charge in [-0.15, -0.1) is 0 Å². The summed E-state index contributed by atoms with van der Waals surface area (Å²) >= 11 is 0. The molecule has 0 heterocycles. The molecule has 0 fully saturated rings. The summed E-state index contributed by atoms with van der Waals surface area (Å²) in [6, 6.07) is 2.82. The van der Waals surface area contributed by atoms with Crippen molar-refractivity contribution < 1.29 is 28.7 Å². The van der Waals surface area contributed by atoms with Crippen LogP contribution in [0.4, 0.5) is 5.69 Å². The normalized spacial score (nSPS) is 11.7. The first-order chi connectivity index (χ1) is 14.9. The maximum Gasteiger partial charge on any atom is 0.304 e. The second-order valence-electron chi connectivity index (χ2n) is 7.56. The van der Waals surface area contributed by atoms with Crippen LogP contribution in [-0.2, 0) is 20.9 Å². The number of benzene rings is 1. The largest absolute Gasteiger partial charge is 0.493 e. The van der Waals surface area contributed by atoms with Gasteiger partial charge in [0, 0.05) is 13.3 Å². The first-order valence-electron chi connectivity index (χ1n) is 11.1. The first-order valence-corrected chi connectivity index (χ1v) is 11.1. The van der Waals surface area contributed by atoms with E-state index < -0.39 is 17.2 Å². The topological polar surface area (TPSA) is 97.1 Å². The van der Waals surface area contributed by atoms with Crippen LogP contribution in [0, 0.1) is 10.1 Å². The van der Waals surface area contributed by atoms with E-state index in [1.54, 1.807) is 0 Å². The molecule has 0 bridgehead atoms. The minimum atomic E-state index is -0.741. The summed E-state index contributed by atoms with van der Waals surface area (Å²) in [6.45, 7) is 3.46. The Kier molecular flexibility index (Phi) is 13.3. The van der Waals surface area contributed by atoms with Crippen molar-refractivity contribution >= 4 is 11.7 Å². The molecular weight excluding hydrogens is 402 g/mol. The van der Waals surface area contributed by atoms with Gasteiger partial charge in [-0.2, -0.15) is 0 Å². The van der Waals surface area contributed by atoms with Crippen molar-refractivity contribution in [3.63, 3.8) is 0 Å². The van der Waals surface area contributed by atoms with Crippen molar-refractivity contribution in [3.8, 4) is 11.5 Å². The number of nitrogens with zero attached hydrogens (tertiary/aromatic N) is 1. The standard InChI is InChI=1S/C23H37NO7/c1-5-6-7-8-9-10-11-12-13-14-23(31-18(2)25)30-17-19-15-21(28-3)22(29-4)16-20(19)24(26)27/h15-16,23H,5-14,17H2,1-4H3. The molecule has 0 saturated carbocycles. The molecule has 0 saturated heterocycles. The molecule has 8 nitrogen and oxygen atoms in total. The Bertz CT molecular complexity index is 678. The van der Waals surface area contributed by atoms with E-state index in [1.165, 1.54) is 71.8 Å². The van der Waals surface area contributed by atoms with Gasteiger partial charge in [-0.05, 0) is 12.5 Å². The molecule has 1 rings (SSSR count). The van der Waals surface area contributed by atoms with Gasteiger partial charge >= 0.3 is 5.97 Å². The molecule has 0 N–H and O–H groups in total. The zero-order chi connectivity index (χ0) is 23.1. The van der Waals surface area contributed by atoms with Crippen molar-refractivity contribution in [1.82, 2.24) is 0 Å². The third kappa shape index (κ3) is 10.5. The van der Waals surface area contributed by atoms with E-state index in [9.17, 15) is 14.9 Å². The minimum absolute atomic E-state index is 0.0773. The summed E-state index contributed by atoms with van der Waals surface area (Å²) in [4.78, 5) is 22.4. The number of carbonyl (C=O) groups excluding carboxylic acids is 1. The number of hydrogen-bond acceptors (Lipinski definition) is 7. The van der Waals surface area contributed by atoms with Gasteiger partial charge in [-0.1, -0.05) is 58.3 Å². The smallest absolute Gasteiger partial charge is 0.304 e. The highest BCUT2D eigenvalue weighted by molar-refractivity contribution is 5.66. The fraction of sp³-hybridized carbons (Fsp3) is 0.696. The monoisotopic (exact) mass is 439 g/mol.